The molecule has 0 aliphatic carbocycles. The van der Waals surface area contributed by atoms with E-state index in [1.165, 1.54) is 13.2 Å². The van der Waals surface area contributed by atoms with Gasteiger partial charge in [0, 0.05) is 31.5 Å². The summed E-state index contributed by atoms with van der Waals surface area (Å²) < 4.78 is 23.6. The minimum absolute atomic E-state index is 0.0159. The van der Waals surface area contributed by atoms with E-state index in [4.69, 9.17) is 9.26 Å². The predicted molar refractivity (Wildman–Crippen MR) is 100 cm³/mol. The highest BCUT2D eigenvalue weighted by Crippen LogP contribution is 2.22. The molecule has 1 aromatic heterocycles. The molecule has 0 saturated carbocycles. The van der Waals surface area contributed by atoms with E-state index < -0.39 is 5.82 Å². The van der Waals surface area contributed by atoms with Crippen molar-refractivity contribution in [3.8, 4) is 5.75 Å². The number of hydrogen-bond donors (Lipinski definition) is 1. The minimum Gasteiger partial charge on any atom is -0.494 e. The number of anilines is 1. The molecule has 2 heterocycles. The number of nitrogens with one attached hydrogen (secondary N) is 1. The van der Waals surface area contributed by atoms with E-state index in [1.807, 2.05) is 0 Å². The van der Waals surface area contributed by atoms with Gasteiger partial charge in [-0.05, 0) is 43.9 Å². The maximum Gasteiger partial charge on any atom is 0.228 e. The van der Waals surface area contributed by atoms with Crippen molar-refractivity contribution in [3.05, 3.63) is 41.4 Å². The maximum absolute atomic E-state index is 13.7. The summed E-state index contributed by atoms with van der Waals surface area (Å²) in [6, 6.07) is 6.39. The van der Waals surface area contributed by atoms with Crippen LogP contribution < -0.4 is 10.1 Å². The van der Waals surface area contributed by atoms with Crippen LogP contribution in [0.5, 0.6) is 5.75 Å². The van der Waals surface area contributed by atoms with E-state index in [0.29, 0.717) is 50.4 Å². The van der Waals surface area contributed by atoms with E-state index in [-0.39, 0.29) is 23.5 Å². The molecule has 3 rings (SSSR count). The quantitative estimate of drug-likeness (QED) is 0.821. The Morgan fingerprint density at radius 2 is 2.07 bits per heavy atom. The molecule has 28 heavy (non-hydrogen) atoms. The Morgan fingerprint density at radius 3 is 2.68 bits per heavy atom. The number of carbonyl (C=O) groups is 2. The molecule has 1 saturated heterocycles. The van der Waals surface area contributed by atoms with Gasteiger partial charge in [-0.15, -0.1) is 0 Å². The van der Waals surface area contributed by atoms with Crippen LogP contribution in [0.15, 0.2) is 28.8 Å². The Kier molecular flexibility index (Phi) is 6.28. The number of aromatic nitrogens is 1. The van der Waals surface area contributed by atoms with E-state index in [1.54, 1.807) is 30.0 Å². The Balaban J connectivity index is 1.44. The molecule has 0 unspecified atom stereocenters. The smallest absolute Gasteiger partial charge is 0.228 e. The summed E-state index contributed by atoms with van der Waals surface area (Å²) in [5.74, 6) is 0.561. The number of carbonyl (C=O) groups excluding carboxylic acids is 2. The molecule has 1 aliphatic rings. The number of rotatable bonds is 6. The first kappa shape index (κ1) is 19.9. The van der Waals surface area contributed by atoms with E-state index >= 15 is 0 Å². The SMILES string of the molecule is COc1ccc(CCC(=O)N2CCC(C(=O)Nc3cc(C)on3)CC2)cc1F. The Labute approximate surface area is 162 Å². The van der Waals surface area contributed by atoms with Gasteiger partial charge in [-0.1, -0.05) is 11.2 Å². The zero-order chi connectivity index (χ0) is 20.1. The fourth-order valence-electron chi connectivity index (χ4n) is 3.32. The second kappa shape index (κ2) is 8.86. The molecule has 1 aromatic carbocycles. The van der Waals surface area contributed by atoms with Gasteiger partial charge in [0.2, 0.25) is 11.8 Å². The van der Waals surface area contributed by atoms with Crippen LogP contribution in [-0.4, -0.2) is 42.1 Å². The molecule has 1 fully saturated rings. The molecule has 8 heteroatoms. The fourth-order valence-corrected chi connectivity index (χ4v) is 3.32. The molecule has 0 bridgehead atoms. The lowest BCUT2D eigenvalue weighted by atomic mass is 9.95. The number of piperidine rings is 1. The van der Waals surface area contributed by atoms with Crippen molar-refractivity contribution < 1.29 is 23.2 Å². The van der Waals surface area contributed by atoms with Gasteiger partial charge in [-0.2, -0.15) is 0 Å². The van der Waals surface area contributed by atoms with Gasteiger partial charge < -0.3 is 19.5 Å². The Hall–Kier alpha value is -2.90. The Bertz CT molecular complexity index is 844. The number of likely N-dealkylation sites (tertiary alicyclic amines) is 1. The van der Waals surface area contributed by atoms with E-state index in [2.05, 4.69) is 10.5 Å². The lowest BCUT2D eigenvalue weighted by Crippen LogP contribution is -2.41. The number of hydrogen-bond acceptors (Lipinski definition) is 5. The maximum atomic E-state index is 13.7. The normalized spacial score (nSPS) is 14.8. The molecule has 1 aliphatic heterocycles. The second-order valence-corrected chi connectivity index (χ2v) is 6.94. The molecular weight excluding hydrogens is 365 g/mol. The number of amides is 2. The van der Waals surface area contributed by atoms with Gasteiger partial charge >= 0.3 is 0 Å². The van der Waals surface area contributed by atoms with Crippen LogP contribution in [0.25, 0.3) is 0 Å². The first-order chi connectivity index (χ1) is 13.5. The van der Waals surface area contributed by atoms with E-state index in [0.717, 1.165) is 5.56 Å². The molecular formula is C20H24FN3O4. The monoisotopic (exact) mass is 389 g/mol. The van der Waals surface area contributed by atoms with Crippen LogP contribution >= 0.6 is 0 Å². The molecule has 0 radical (unpaired) electrons. The number of aryl methyl sites for hydroxylation is 2. The largest absolute Gasteiger partial charge is 0.494 e. The number of halogens is 1. The van der Waals surface area contributed by atoms with Crippen molar-refractivity contribution in [2.75, 3.05) is 25.5 Å². The van der Waals surface area contributed by atoms with Crippen molar-refractivity contribution >= 4 is 17.6 Å². The first-order valence-corrected chi connectivity index (χ1v) is 9.30. The van der Waals surface area contributed by atoms with Gasteiger partial charge in [-0.25, -0.2) is 4.39 Å². The van der Waals surface area contributed by atoms with Crippen molar-refractivity contribution in [2.24, 2.45) is 5.92 Å². The highest BCUT2D eigenvalue weighted by atomic mass is 19.1. The number of methoxy groups -OCH3 is 1. The molecule has 2 amide bonds. The summed E-state index contributed by atoms with van der Waals surface area (Å²) in [5, 5.41) is 6.50. The molecule has 1 N–H and O–H groups in total. The van der Waals surface area contributed by atoms with Gasteiger partial charge in [0.15, 0.2) is 17.4 Å². The summed E-state index contributed by atoms with van der Waals surface area (Å²) in [6.45, 7) is 2.82. The lowest BCUT2D eigenvalue weighted by Gasteiger charge is -2.31. The number of nitrogens with zero attached hydrogens (tertiary/aromatic N) is 2. The molecule has 0 spiro atoms. The molecule has 0 atom stereocenters. The van der Waals surface area contributed by atoms with Crippen molar-refractivity contribution in [3.63, 3.8) is 0 Å². The average molecular weight is 389 g/mol. The third kappa shape index (κ3) is 4.88. The van der Waals surface area contributed by atoms with Gasteiger partial charge in [0.1, 0.15) is 5.76 Å². The standard InChI is InChI=1S/C20H24FN3O4/c1-13-11-18(23-28-13)22-20(26)15-7-9-24(10-8-15)19(25)6-4-14-3-5-17(27-2)16(21)12-14/h3,5,11-12,15H,4,6-10H2,1-2H3,(H,22,23,26). The summed E-state index contributed by atoms with van der Waals surface area (Å²) in [5.41, 5.74) is 0.754. The predicted octanol–water partition coefficient (Wildman–Crippen LogP) is 2.94. The minimum atomic E-state index is -0.429. The molecule has 7 nitrogen and oxygen atoms in total. The summed E-state index contributed by atoms with van der Waals surface area (Å²) in [6.07, 6.45) is 1.98. The number of ether oxygens (including phenoxy) is 1. The first-order valence-electron chi connectivity index (χ1n) is 9.30. The van der Waals surface area contributed by atoms with E-state index in [9.17, 15) is 14.0 Å². The van der Waals surface area contributed by atoms with Crippen LogP contribution in [0.3, 0.4) is 0 Å². The summed E-state index contributed by atoms with van der Waals surface area (Å²) in [7, 11) is 1.41. The van der Waals surface area contributed by atoms with Crippen molar-refractivity contribution in [1.29, 1.82) is 0 Å². The van der Waals surface area contributed by atoms with Crippen LogP contribution in [0.1, 0.15) is 30.6 Å². The summed E-state index contributed by atoms with van der Waals surface area (Å²) in [4.78, 5) is 26.5. The van der Waals surface area contributed by atoms with Crippen LogP contribution in [0, 0.1) is 18.7 Å². The van der Waals surface area contributed by atoms with Gasteiger partial charge in [0.05, 0.1) is 7.11 Å². The molecule has 2 aromatic rings. The zero-order valence-corrected chi connectivity index (χ0v) is 16.0. The van der Waals surface area contributed by atoms with Crippen molar-refractivity contribution in [1.82, 2.24) is 10.1 Å². The second-order valence-electron chi connectivity index (χ2n) is 6.94. The third-order valence-electron chi connectivity index (χ3n) is 4.94. The fraction of sp³-hybridized carbons (Fsp3) is 0.450. The molecule has 150 valence electrons. The van der Waals surface area contributed by atoms with Gasteiger partial charge in [0.25, 0.3) is 0 Å². The highest BCUT2D eigenvalue weighted by molar-refractivity contribution is 5.91. The lowest BCUT2D eigenvalue weighted by molar-refractivity contribution is -0.134. The van der Waals surface area contributed by atoms with Gasteiger partial charge in [-0.3, -0.25) is 9.59 Å². The zero-order valence-electron chi connectivity index (χ0n) is 16.0. The number of benzene rings is 1. The van der Waals surface area contributed by atoms with Crippen LogP contribution in [0.2, 0.25) is 0 Å². The average Bonchev–Trinajstić information content (AvgIpc) is 3.11. The van der Waals surface area contributed by atoms with Crippen LogP contribution in [-0.2, 0) is 16.0 Å². The topological polar surface area (TPSA) is 84.7 Å². The van der Waals surface area contributed by atoms with Crippen molar-refractivity contribution in [2.45, 2.75) is 32.6 Å². The Morgan fingerprint density at radius 1 is 1.32 bits per heavy atom. The highest BCUT2D eigenvalue weighted by Gasteiger charge is 2.27. The summed E-state index contributed by atoms with van der Waals surface area (Å²) >= 11 is 0. The van der Waals surface area contributed by atoms with Crippen LogP contribution in [0.4, 0.5) is 10.2 Å². The third-order valence-corrected chi connectivity index (χ3v) is 4.94.